The maximum Gasteiger partial charge on any atom is 0.223 e. The normalized spacial score (nSPS) is 11.7. The Hall–Kier alpha value is 0.354. The van der Waals surface area contributed by atoms with E-state index in [0.717, 1.165) is 10.5 Å². The third-order valence-electron chi connectivity index (χ3n) is 1.20. The average molecular weight is 163 g/mol. The number of nitrogens with one attached hydrogen (secondary N) is 1. The van der Waals surface area contributed by atoms with E-state index in [1.54, 1.807) is 0 Å². The van der Waals surface area contributed by atoms with Crippen molar-refractivity contribution in [1.82, 2.24) is 4.98 Å². The van der Waals surface area contributed by atoms with Gasteiger partial charge in [0.2, 0.25) is 9.92 Å². The Labute approximate surface area is 62.9 Å². The molecule has 0 aromatic rings. The molecule has 4 heteroatoms. The molecule has 1 N–H and O–H groups in total. The molecule has 0 unspecified atom stereocenters. The first-order valence-corrected chi connectivity index (χ1v) is 5.71. The van der Waals surface area contributed by atoms with Crippen LogP contribution in [0, 0.1) is 0 Å². The molecule has 0 radical (unpaired) electrons. The zero-order valence-electron chi connectivity index (χ0n) is 6.44. The highest BCUT2D eigenvalue weighted by Crippen LogP contribution is 1.89. The van der Waals surface area contributed by atoms with E-state index < -0.39 is 0 Å². The largest absolute Gasteiger partial charge is 0.457 e. The van der Waals surface area contributed by atoms with Gasteiger partial charge < -0.3 is 9.10 Å². The van der Waals surface area contributed by atoms with E-state index in [2.05, 4.69) is 11.9 Å². The predicted molar refractivity (Wildman–Crippen MR) is 47.1 cm³/mol. The van der Waals surface area contributed by atoms with Crippen molar-refractivity contribution in [2.24, 2.45) is 0 Å². The lowest BCUT2D eigenvalue weighted by molar-refractivity contribution is 0.619. The summed E-state index contributed by atoms with van der Waals surface area (Å²) in [7, 11) is 0.613. The molecule has 0 atom stereocenters. The molecule has 0 rings (SSSR count). The van der Waals surface area contributed by atoms with Gasteiger partial charge in [0.1, 0.15) is 10.5 Å². The summed E-state index contributed by atoms with van der Waals surface area (Å²) >= 11 is 0. The van der Waals surface area contributed by atoms with Gasteiger partial charge in [0.05, 0.1) is 0 Å². The Balaban J connectivity index is 2.60. The minimum absolute atomic E-state index is 0.295. The van der Waals surface area contributed by atoms with Crippen molar-refractivity contribution in [3.63, 3.8) is 0 Å². The van der Waals surface area contributed by atoms with Crippen molar-refractivity contribution < 1.29 is 4.12 Å². The molecule has 2 nitrogen and oxygen atoms in total. The molecule has 0 fully saturated rings. The summed E-state index contributed by atoms with van der Waals surface area (Å²) in [6, 6.07) is 0. The predicted octanol–water partition coefficient (Wildman–Crippen LogP) is -0.938. The van der Waals surface area contributed by atoms with Crippen molar-refractivity contribution in [2.75, 3.05) is 6.54 Å². The highest BCUT2D eigenvalue weighted by atomic mass is 28.3. The van der Waals surface area contributed by atoms with Gasteiger partial charge in [-0.1, -0.05) is 19.8 Å². The van der Waals surface area contributed by atoms with Crippen LogP contribution >= 0.6 is 0 Å². The van der Waals surface area contributed by atoms with Gasteiger partial charge in [-0.2, -0.15) is 0 Å². The van der Waals surface area contributed by atoms with Gasteiger partial charge in [-0.3, -0.25) is 0 Å². The molecule has 9 heavy (non-hydrogen) atoms. The van der Waals surface area contributed by atoms with E-state index in [4.69, 9.17) is 4.12 Å². The molecule has 0 amide bonds. The van der Waals surface area contributed by atoms with Gasteiger partial charge in [0, 0.05) is 0 Å². The third kappa shape index (κ3) is 8.35. The molecule has 0 aliphatic heterocycles. The monoisotopic (exact) mass is 163 g/mol. The first-order valence-electron chi connectivity index (χ1n) is 3.61. The molecule has 56 valence electrons. The molecular weight excluding hydrogens is 146 g/mol. The first kappa shape index (κ1) is 9.35. The molecule has 0 aliphatic rings. The third-order valence-corrected chi connectivity index (χ3v) is 2.92. The van der Waals surface area contributed by atoms with Crippen LogP contribution in [0.3, 0.4) is 0 Å². The van der Waals surface area contributed by atoms with Crippen LogP contribution in [0.5, 0.6) is 0 Å². The second-order valence-electron chi connectivity index (χ2n) is 2.14. The van der Waals surface area contributed by atoms with Crippen LogP contribution in [-0.2, 0) is 4.12 Å². The van der Waals surface area contributed by atoms with E-state index in [-0.39, 0.29) is 9.92 Å². The standard InChI is InChI=1S/C5H17NOSi2/c1-2-3-4-5-6-9-7-8/h6H,2-5,9H2,1,8H3. The van der Waals surface area contributed by atoms with E-state index in [1.807, 2.05) is 0 Å². The maximum atomic E-state index is 5.09. The van der Waals surface area contributed by atoms with Crippen molar-refractivity contribution in [3.05, 3.63) is 0 Å². The fourth-order valence-corrected chi connectivity index (χ4v) is 1.89. The fourth-order valence-electron chi connectivity index (χ4n) is 0.674. The minimum Gasteiger partial charge on any atom is -0.457 e. The minimum atomic E-state index is -0.295. The Morgan fingerprint density at radius 2 is 2.33 bits per heavy atom. The molecule has 0 saturated heterocycles. The molecule has 0 aromatic carbocycles. The van der Waals surface area contributed by atoms with Crippen LogP contribution < -0.4 is 4.98 Å². The highest BCUT2D eigenvalue weighted by Gasteiger charge is 1.84. The summed E-state index contributed by atoms with van der Waals surface area (Å²) in [6.45, 7) is 3.39. The Kier molecular flexibility index (Phi) is 8.68. The first-order chi connectivity index (χ1) is 4.41. The van der Waals surface area contributed by atoms with Gasteiger partial charge in [0.25, 0.3) is 0 Å². The topological polar surface area (TPSA) is 21.3 Å². The van der Waals surface area contributed by atoms with Crippen molar-refractivity contribution in [3.8, 4) is 0 Å². The smallest absolute Gasteiger partial charge is 0.223 e. The lowest BCUT2D eigenvalue weighted by Gasteiger charge is -2.00. The van der Waals surface area contributed by atoms with Crippen LogP contribution in [-0.4, -0.2) is 27.0 Å². The van der Waals surface area contributed by atoms with E-state index in [0.29, 0.717) is 0 Å². The van der Waals surface area contributed by atoms with E-state index in [9.17, 15) is 0 Å². The van der Waals surface area contributed by atoms with Crippen molar-refractivity contribution in [1.29, 1.82) is 0 Å². The van der Waals surface area contributed by atoms with Crippen LogP contribution in [0.1, 0.15) is 26.2 Å². The van der Waals surface area contributed by atoms with Crippen molar-refractivity contribution >= 4 is 20.4 Å². The summed E-state index contributed by atoms with van der Waals surface area (Å²) in [4.78, 5) is 3.32. The number of unbranched alkanes of at least 4 members (excludes halogenated alkanes) is 2. The van der Waals surface area contributed by atoms with Crippen LogP contribution in [0.25, 0.3) is 0 Å². The van der Waals surface area contributed by atoms with E-state index >= 15 is 0 Å². The summed E-state index contributed by atoms with van der Waals surface area (Å²) in [5, 5.41) is 0. The SMILES string of the molecule is CCCCCN[SiH2]O[SiH3]. The van der Waals surface area contributed by atoms with Crippen molar-refractivity contribution in [2.45, 2.75) is 26.2 Å². The lowest BCUT2D eigenvalue weighted by Crippen LogP contribution is -2.22. The van der Waals surface area contributed by atoms with Gasteiger partial charge >= 0.3 is 0 Å². The summed E-state index contributed by atoms with van der Waals surface area (Å²) in [5.74, 6) is 0. The molecule has 0 aromatic heterocycles. The second-order valence-corrected chi connectivity index (χ2v) is 5.24. The molecule has 0 heterocycles. The highest BCUT2D eigenvalue weighted by molar-refractivity contribution is 6.31. The van der Waals surface area contributed by atoms with Gasteiger partial charge in [-0.15, -0.1) is 0 Å². The summed E-state index contributed by atoms with van der Waals surface area (Å²) in [6.07, 6.45) is 3.97. The number of rotatable bonds is 6. The van der Waals surface area contributed by atoms with Crippen LogP contribution in [0.15, 0.2) is 0 Å². The van der Waals surface area contributed by atoms with Gasteiger partial charge in [-0.05, 0) is 13.0 Å². The number of hydrogen-bond acceptors (Lipinski definition) is 2. The average Bonchev–Trinajstić information content (AvgIpc) is 1.89. The van der Waals surface area contributed by atoms with Crippen LogP contribution in [0.4, 0.5) is 0 Å². The molecular formula is C5H17NOSi2. The van der Waals surface area contributed by atoms with Crippen LogP contribution in [0.2, 0.25) is 0 Å². The molecule has 0 aliphatic carbocycles. The quantitative estimate of drug-likeness (QED) is 0.403. The fraction of sp³-hybridized carbons (Fsp3) is 1.00. The van der Waals surface area contributed by atoms with Gasteiger partial charge in [-0.25, -0.2) is 0 Å². The zero-order chi connectivity index (χ0) is 6.95. The maximum absolute atomic E-state index is 5.09. The lowest BCUT2D eigenvalue weighted by atomic mass is 10.3. The summed E-state index contributed by atoms with van der Waals surface area (Å²) < 4.78 is 5.09. The molecule has 0 saturated carbocycles. The zero-order valence-corrected chi connectivity index (χ0v) is 9.86. The molecule has 0 spiro atoms. The Morgan fingerprint density at radius 3 is 2.89 bits per heavy atom. The number of hydrogen-bond donors (Lipinski definition) is 1. The Morgan fingerprint density at radius 1 is 1.56 bits per heavy atom. The van der Waals surface area contributed by atoms with Gasteiger partial charge in [0.15, 0.2) is 0 Å². The summed E-state index contributed by atoms with van der Waals surface area (Å²) in [5.41, 5.74) is 0. The van der Waals surface area contributed by atoms with E-state index in [1.165, 1.54) is 25.8 Å². The molecule has 0 bridgehead atoms. The Bertz CT molecular complexity index is 48.2. The second kappa shape index (κ2) is 8.35.